The van der Waals surface area contributed by atoms with E-state index in [4.69, 9.17) is 5.11 Å². The molecule has 19 heavy (non-hydrogen) atoms. The van der Waals surface area contributed by atoms with Gasteiger partial charge < -0.3 is 5.11 Å². The second-order valence-corrected chi connectivity index (χ2v) is 6.26. The van der Waals surface area contributed by atoms with Crippen LogP contribution in [-0.2, 0) is 27.8 Å². The van der Waals surface area contributed by atoms with E-state index in [2.05, 4.69) is 4.72 Å². The van der Waals surface area contributed by atoms with Gasteiger partial charge in [0.25, 0.3) is 0 Å². The van der Waals surface area contributed by atoms with Gasteiger partial charge in [-0.25, -0.2) is 13.1 Å². The third-order valence-electron chi connectivity index (χ3n) is 2.71. The summed E-state index contributed by atoms with van der Waals surface area (Å²) in [5.74, 6) is -0.828. The summed E-state index contributed by atoms with van der Waals surface area (Å²) in [5, 5.41) is 8.80. The number of unbranched alkanes of at least 4 members (excludes halogenated alkanes) is 1. The van der Waals surface area contributed by atoms with Crippen molar-refractivity contribution in [2.45, 2.75) is 32.7 Å². The van der Waals surface area contributed by atoms with Crippen molar-refractivity contribution in [2.24, 2.45) is 0 Å². The Kier molecular flexibility index (Phi) is 5.98. The SMILES string of the molecule is CCCCS(=O)(=O)NCc1ccccc1CC(=O)O. The number of carboxylic acid groups (broad SMARTS) is 1. The maximum atomic E-state index is 11.7. The van der Waals surface area contributed by atoms with Crippen LogP contribution >= 0.6 is 0 Å². The molecule has 0 saturated heterocycles. The summed E-state index contributed by atoms with van der Waals surface area (Å²) in [6.45, 7) is 2.06. The van der Waals surface area contributed by atoms with Crippen molar-refractivity contribution in [2.75, 3.05) is 5.75 Å². The molecule has 2 N–H and O–H groups in total. The quantitative estimate of drug-likeness (QED) is 0.758. The largest absolute Gasteiger partial charge is 0.481 e. The average Bonchev–Trinajstić information content (AvgIpc) is 2.35. The molecule has 0 fully saturated rings. The number of carboxylic acids is 1. The summed E-state index contributed by atoms with van der Waals surface area (Å²) in [5.41, 5.74) is 1.33. The fourth-order valence-electron chi connectivity index (χ4n) is 1.66. The third-order valence-corrected chi connectivity index (χ3v) is 4.12. The van der Waals surface area contributed by atoms with Crippen LogP contribution < -0.4 is 4.72 Å². The van der Waals surface area contributed by atoms with Crippen LogP contribution in [0.25, 0.3) is 0 Å². The normalized spacial score (nSPS) is 11.4. The second kappa shape index (κ2) is 7.25. The van der Waals surface area contributed by atoms with E-state index in [0.717, 1.165) is 6.42 Å². The van der Waals surface area contributed by atoms with Crippen LogP contribution in [0.15, 0.2) is 24.3 Å². The Hall–Kier alpha value is -1.40. The van der Waals surface area contributed by atoms with Gasteiger partial charge in [-0.05, 0) is 17.5 Å². The molecule has 0 aromatic heterocycles. The predicted molar refractivity (Wildman–Crippen MR) is 73.3 cm³/mol. The van der Waals surface area contributed by atoms with Crippen LogP contribution in [0.3, 0.4) is 0 Å². The predicted octanol–water partition coefficient (Wildman–Crippen LogP) is 1.53. The molecule has 0 aliphatic carbocycles. The Bertz CT molecular complexity index is 525. The summed E-state index contributed by atoms with van der Waals surface area (Å²) < 4.78 is 25.8. The van der Waals surface area contributed by atoms with E-state index in [0.29, 0.717) is 17.5 Å². The zero-order chi connectivity index (χ0) is 14.3. The number of rotatable bonds is 8. The summed E-state index contributed by atoms with van der Waals surface area (Å²) >= 11 is 0. The highest BCUT2D eigenvalue weighted by molar-refractivity contribution is 7.89. The lowest BCUT2D eigenvalue weighted by molar-refractivity contribution is -0.136. The molecule has 0 bridgehead atoms. The van der Waals surface area contributed by atoms with Crippen LogP contribution in [0.5, 0.6) is 0 Å². The van der Waals surface area contributed by atoms with Gasteiger partial charge >= 0.3 is 5.97 Å². The maximum absolute atomic E-state index is 11.7. The smallest absolute Gasteiger partial charge is 0.307 e. The van der Waals surface area contributed by atoms with Crippen molar-refractivity contribution >= 4 is 16.0 Å². The first-order valence-electron chi connectivity index (χ1n) is 6.20. The zero-order valence-electron chi connectivity index (χ0n) is 10.9. The molecule has 1 rings (SSSR count). The molecule has 0 atom stereocenters. The zero-order valence-corrected chi connectivity index (χ0v) is 11.7. The van der Waals surface area contributed by atoms with Crippen molar-refractivity contribution in [1.29, 1.82) is 0 Å². The molecular formula is C13H19NO4S. The lowest BCUT2D eigenvalue weighted by Gasteiger charge is -2.09. The topological polar surface area (TPSA) is 83.5 Å². The summed E-state index contributed by atoms with van der Waals surface area (Å²) in [6.07, 6.45) is 1.33. The van der Waals surface area contributed by atoms with Crippen molar-refractivity contribution in [3.63, 3.8) is 0 Å². The number of nitrogens with one attached hydrogen (secondary N) is 1. The van der Waals surface area contributed by atoms with E-state index in [1.54, 1.807) is 24.3 Å². The van der Waals surface area contributed by atoms with Crippen molar-refractivity contribution in [1.82, 2.24) is 4.72 Å². The second-order valence-electron chi connectivity index (χ2n) is 4.33. The maximum Gasteiger partial charge on any atom is 0.307 e. The van der Waals surface area contributed by atoms with Crippen LogP contribution in [0, 0.1) is 0 Å². The molecule has 0 aliphatic rings. The van der Waals surface area contributed by atoms with Gasteiger partial charge in [0.1, 0.15) is 0 Å². The number of hydrogen-bond donors (Lipinski definition) is 2. The Labute approximate surface area is 113 Å². The van der Waals surface area contributed by atoms with E-state index in [9.17, 15) is 13.2 Å². The summed E-state index contributed by atoms with van der Waals surface area (Å²) in [6, 6.07) is 6.94. The molecule has 0 unspecified atom stereocenters. The molecule has 106 valence electrons. The highest BCUT2D eigenvalue weighted by atomic mass is 32.2. The molecule has 1 aromatic rings. The highest BCUT2D eigenvalue weighted by Crippen LogP contribution is 2.10. The molecular weight excluding hydrogens is 266 g/mol. The first kappa shape index (κ1) is 15.7. The lowest BCUT2D eigenvalue weighted by Crippen LogP contribution is -2.26. The van der Waals surface area contributed by atoms with Crippen LogP contribution in [0.4, 0.5) is 0 Å². The monoisotopic (exact) mass is 285 g/mol. The molecule has 0 spiro atoms. The van der Waals surface area contributed by atoms with Gasteiger partial charge in [0.05, 0.1) is 12.2 Å². The number of carbonyl (C=O) groups is 1. The number of hydrogen-bond acceptors (Lipinski definition) is 3. The van der Waals surface area contributed by atoms with Gasteiger partial charge in [0.2, 0.25) is 10.0 Å². The lowest BCUT2D eigenvalue weighted by atomic mass is 10.1. The molecule has 5 nitrogen and oxygen atoms in total. The Morgan fingerprint density at radius 3 is 2.47 bits per heavy atom. The number of sulfonamides is 1. The van der Waals surface area contributed by atoms with Gasteiger partial charge in [-0.15, -0.1) is 0 Å². The third kappa shape index (κ3) is 5.85. The minimum Gasteiger partial charge on any atom is -0.481 e. The van der Waals surface area contributed by atoms with E-state index in [-0.39, 0.29) is 18.7 Å². The molecule has 0 aliphatic heterocycles. The van der Waals surface area contributed by atoms with Crippen molar-refractivity contribution < 1.29 is 18.3 Å². The van der Waals surface area contributed by atoms with Gasteiger partial charge in [-0.3, -0.25) is 4.79 Å². The van der Waals surface area contributed by atoms with Gasteiger partial charge in [0, 0.05) is 6.54 Å². The Balaban J connectivity index is 2.69. The van der Waals surface area contributed by atoms with Crippen molar-refractivity contribution in [3.05, 3.63) is 35.4 Å². The van der Waals surface area contributed by atoms with E-state index >= 15 is 0 Å². The fraction of sp³-hybridized carbons (Fsp3) is 0.462. The van der Waals surface area contributed by atoms with Crippen molar-refractivity contribution in [3.8, 4) is 0 Å². The van der Waals surface area contributed by atoms with Crippen LogP contribution in [0.1, 0.15) is 30.9 Å². The molecule has 1 aromatic carbocycles. The first-order valence-corrected chi connectivity index (χ1v) is 7.85. The molecule has 0 heterocycles. The van der Waals surface area contributed by atoms with Gasteiger partial charge in [-0.1, -0.05) is 37.6 Å². The average molecular weight is 285 g/mol. The Morgan fingerprint density at radius 1 is 1.26 bits per heavy atom. The number of benzene rings is 1. The molecule has 0 radical (unpaired) electrons. The summed E-state index contributed by atoms with van der Waals surface area (Å²) in [4.78, 5) is 10.7. The minimum absolute atomic E-state index is 0.102. The first-order chi connectivity index (χ1) is 8.94. The van der Waals surface area contributed by atoms with E-state index < -0.39 is 16.0 Å². The fourth-order valence-corrected chi connectivity index (χ4v) is 2.85. The highest BCUT2D eigenvalue weighted by Gasteiger charge is 2.11. The van der Waals surface area contributed by atoms with Crippen LogP contribution in [0.2, 0.25) is 0 Å². The van der Waals surface area contributed by atoms with Gasteiger partial charge in [-0.2, -0.15) is 0 Å². The van der Waals surface area contributed by atoms with E-state index in [1.165, 1.54) is 0 Å². The summed E-state index contributed by atoms with van der Waals surface area (Å²) in [7, 11) is -3.28. The van der Waals surface area contributed by atoms with Gasteiger partial charge in [0.15, 0.2) is 0 Å². The molecule has 0 saturated carbocycles. The Morgan fingerprint density at radius 2 is 1.89 bits per heavy atom. The van der Waals surface area contributed by atoms with E-state index in [1.807, 2.05) is 6.92 Å². The molecule has 6 heteroatoms. The number of aliphatic carboxylic acids is 1. The minimum atomic E-state index is -3.28. The molecule has 0 amide bonds. The standard InChI is InChI=1S/C13H19NO4S/c1-2-3-8-19(17,18)14-10-12-7-5-4-6-11(12)9-13(15)16/h4-7,14H,2-3,8-10H2,1H3,(H,15,16). The van der Waals surface area contributed by atoms with Crippen LogP contribution in [-0.4, -0.2) is 25.2 Å².